The summed E-state index contributed by atoms with van der Waals surface area (Å²) in [5.41, 5.74) is 1.76. The van der Waals surface area contributed by atoms with Gasteiger partial charge in [-0.15, -0.1) is 10.2 Å². The van der Waals surface area contributed by atoms with Gasteiger partial charge >= 0.3 is 0 Å². The Bertz CT molecular complexity index is 945. The first kappa shape index (κ1) is 20.7. The number of carbonyl (C=O) groups is 1. The Morgan fingerprint density at radius 2 is 1.90 bits per heavy atom. The monoisotopic (exact) mass is 415 g/mol. The molecular weight excluding hydrogens is 393 g/mol. The van der Waals surface area contributed by atoms with E-state index in [1.165, 1.54) is 28.6 Å². The number of nitrogens with one attached hydrogen (secondary N) is 1. The summed E-state index contributed by atoms with van der Waals surface area (Å²) in [6, 6.07) is 13.6. The SMILES string of the molecule is CCOc1ccc(-c2nnc(SCC(=O)NCCc3ccc(F)cc3)n2N)cc1. The molecule has 1 amide bonds. The molecule has 0 radical (unpaired) electrons. The van der Waals surface area contributed by atoms with Crippen molar-refractivity contribution in [2.75, 3.05) is 24.7 Å². The molecule has 152 valence electrons. The molecule has 0 saturated heterocycles. The fourth-order valence-electron chi connectivity index (χ4n) is 2.62. The summed E-state index contributed by atoms with van der Waals surface area (Å²) < 4.78 is 19.7. The van der Waals surface area contributed by atoms with Crippen LogP contribution in [0.1, 0.15) is 12.5 Å². The normalized spacial score (nSPS) is 10.7. The van der Waals surface area contributed by atoms with Crippen molar-refractivity contribution in [3.63, 3.8) is 0 Å². The minimum Gasteiger partial charge on any atom is -0.494 e. The zero-order chi connectivity index (χ0) is 20.6. The standard InChI is InChI=1S/C20H22FN5O2S/c1-2-28-17-9-5-15(6-10-17)19-24-25-20(26(19)22)29-13-18(27)23-12-11-14-3-7-16(21)8-4-14/h3-10H,2,11-13,22H2,1H3,(H,23,27). The topological polar surface area (TPSA) is 95.1 Å². The van der Waals surface area contributed by atoms with Gasteiger partial charge in [0.15, 0.2) is 5.82 Å². The van der Waals surface area contributed by atoms with Gasteiger partial charge in [0.25, 0.3) is 0 Å². The van der Waals surface area contributed by atoms with Crippen LogP contribution >= 0.6 is 11.8 Å². The summed E-state index contributed by atoms with van der Waals surface area (Å²) in [5.74, 6) is 7.12. The first-order chi connectivity index (χ1) is 14.1. The molecule has 0 atom stereocenters. The largest absolute Gasteiger partial charge is 0.494 e. The summed E-state index contributed by atoms with van der Waals surface area (Å²) in [7, 11) is 0. The molecule has 0 aliphatic heterocycles. The van der Waals surface area contributed by atoms with E-state index in [9.17, 15) is 9.18 Å². The number of nitrogens with two attached hydrogens (primary N) is 1. The van der Waals surface area contributed by atoms with E-state index in [1.54, 1.807) is 12.1 Å². The van der Waals surface area contributed by atoms with Gasteiger partial charge < -0.3 is 15.9 Å². The van der Waals surface area contributed by atoms with Gasteiger partial charge in [0.05, 0.1) is 12.4 Å². The Kier molecular flexibility index (Phi) is 7.07. The number of aromatic nitrogens is 3. The number of hydrogen-bond acceptors (Lipinski definition) is 6. The van der Waals surface area contributed by atoms with E-state index in [0.29, 0.717) is 30.6 Å². The number of rotatable bonds is 9. The Morgan fingerprint density at radius 3 is 2.59 bits per heavy atom. The number of benzene rings is 2. The summed E-state index contributed by atoms with van der Waals surface area (Å²) >= 11 is 1.21. The molecule has 7 nitrogen and oxygen atoms in total. The molecule has 3 aromatic rings. The van der Waals surface area contributed by atoms with Gasteiger partial charge in [0, 0.05) is 12.1 Å². The van der Waals surface area contributed by atoms with Crippen LogP contribution in [0.4, 0.5) is 4.39 Å². The molecular formula is C20H22FN5O2S. The van der Waals surface area contributed by atoms with Gasteiger partial charge in [0.1, 0.15) is 11.6 Å². The van der Waals surface area contributed by atoms with E-state index < -0.39 is 0 Å². The summed E-state index contributed by atoms with van der Waals surface area (Å²) in [6.45, 7) is 2.99. The number of ether oxygens (including phenoxy) is 1. The lowest BCUT2D eigenvalue weighted by molar-refractivity contribution is -0.118. The second kappa shape index (κ2) is 9.92. The molecule has 0 aliphatic rings. The van der Waals surface area contributed by atoms with E-state index >= 15 is 0 Å². The summed E-state index contributed by atoms with van der Waals surface area (Å²) in [5, 5.41) is 11.4. The highest BCUT2D eigenvalue weighted by Gasteiger charge is 2.14. The average Bonchev–Trinajstić information content (AvgIpc) is 3.09. The predicted molar refractivity (Wildman–Crippen MR) is 111 cm³/mol. The number of carbonyl (C=O) groups excluding carboxylic acids is 1. The zero-order valence-electron chi connectivity index (χ0n) is 16.0. The quantitative estimate of drug-likeness (QED) is 0.412. The van der Waals surface area contributed by atoms with Gasteiger partial charge in [-0.25, -0.2) is 9.07 Å². The summed E-state index contributed by atoms with van der Waals surface area (Å²) in [4.78, 5) is 12.0. The number of amides is 1. The average molecular weight is 415 g/mol. The van der Waals surface area contributed by atoms with E-state index in [2.05, 4.69) is 15.5 Å². The molecule has 3 rings (SSSR count). The predicted octanol–water partition coefficient (Wildman–Crippen LogP) is 2.65. The third-order valence-corrected chi connectivity index (χ3v) is 5.01. The van der Waals surface area contributed by atoms with Crippen LogP contribution in [0.15, 0.2) is 53.7 Å². The molecule has 0 aliphatic carbocycles. The molecule has 1 heterocycles. The fraction of sp³-hybridized carbons (Fsp3) is 0.250. The Labute approximate surface area is 172 Å². The maximum absolute atomic E-state index is 12.9. The third-order valence-electron chi connectivity index (χ3n) is 4.07. The van der Waals surface area contributed by atoms with Crippen LogP contribution in [0.2, 0.25) is 0 Å². The second-order valence-electron chi connectivity index (χ2n) is 6.15. The molecule has 29 heavy (non-hydrogen) atoms. The molecule has 9 heteroatoms. The van der Waals surface area contributed by atoms with E-state index in [-0.39, 0.29) is 17.5 Å². The van der Waals surface area contributed by atoms with Crippen molar-refractivity contribution in [2.45, 2.75) is 18.5 Å². The van der Waals surface area contributed by atoms with Gasteiger partial charge in [0.2, 0.25) is 11.1 Å². The highest BCUT2D eigenvalue weighted by Crippen LogP contribution is 2.23. The molecule has 0 fully saturated rings. The maximum atomic E-state index is 12.9. The van der Waals surface area contributed by atoms with Crippen molar-refractivity contribution in [3.05, 3.63) is 59.9 Å². The maximum Gasteiger partial charge on any atom is 0.230 e. The van der Waals surface area contributed by atoms with Crippen LogP contribution in [0.5, 0.6) is 5.75 Å². The van der Waals surface area contributed by atoms with Crippen molar-refractivity contribution in [2.24, 2.45) is 0 Å². The third kappa shape index (κ3) is 5.71. The van der Waals surface area contributed by atoms with Gasteiger partial charge in [-0.3, -0.25) is 4.79 Å². The number of halogens is 1. The summed E-state index contributed by atoms with van der Waals surface area (Å²) in [6.07, 6.45) is 0.631. The first-order valence-corrected chi connectivity index (χ1v) is 10.1. The van der Waals surface area contributed by atoms with Crippen LogP contribution < -0.4 is 15.9 Å². The minimum absolute atomic E-state index is 0.136. The van der Waals surface area contributed by atoms with Gasteiger partial charge in [-0.05, 0) is 55.3 Å². The van der Waals surface area contributed by atoms with Gasteiger partial charge in [-0.2, -0.15) is 0 Å². The number of nitrogens with zero attached hydrogens (tertiary/aromatic N) is 3. The van der Waals surface area contributed by atoms with Crippen molar-refractivity contribution in [1.82, 2.24) is 20.2 Å². The van der Waals surface area contributed by atoms with Crippen molar-refractivity contribution >= 4 is 17.7 Å². The smallest absolute Gasteiger partial charge is 0.230 e. The Hall–Kier alpha value is -3.07. The molecule has 1 aromatic heterocycles. The van der Waals surface area contributed by atoms with Crippen LogP contribution in [0.25, 0.3) is 11.4 Å². The number of hydrogen-bond donors (Lipinski definition) is 2. The second-order valence-corrected chi connectivity index (χ2v) is 7.09. The lowest BCUT2D eigenvalue weighted by Crippen LogP contribution is -2.27. The minimum atomic E-state index is -0.273. The molecule has 3 N–H and O–H groups in total. The molecule has 0 unspecified atom stereocenters. The van der Waals surface area contributed by atoms with Gasteiger partial charge in [-0.1, -0.05) is 23.9 Å². The van der Waals surface area contributed by atoms with Crippen LogP contribution in [-0.2, 0) is 11.2 Å². The molecule has 0 bridgehead atoms. The van der Waals surface area contributed by atoms with Crippen molar-refractivity contribution < 1.29 is 13.9 Å². The van der Waals surface area contributed by atoms with Crippen molar-refractivity contribution in [1.29, 1.82) is 0 Å². The molecule has 2 aromatic carbocycles. The van der Waals surface area contributed by atoms with E-state index in [0.717, 1.165) is 16.9 Å². The van der Waals surface area contributed by atoms with Crippen LogP contribution in [0, 0.1) is 5.82 Å². The highest BCUT2D eigenvalue weighted by atomic mass is 32.2. The highest BCUT2D eigenvalue weighted by molar-refractivity contribution is 7.99. The van der Waals surface area contributed by atoms with Crippen molar-refractivity contribution in [3.8, 4) is 17.1 Å². The Balaban J connectivity index is 1.49. The van der Waals surface area contributed by atoms with Crippen LogP contribution in [0.3, 0.4) is 0 Å². The first-order valence-electron chi connectivity index (χ1n) is 9.14. The Morgan fingerprint density at radius 1 is 1.17 bits per heavy atom. The molecule has 0 spiro atoms. The van der Waals surface area contributed by atoms with E-state index in [1.807, 2.05) is 31.2 Å². The fourth-order valence-corrected chi connectivity index (χ4v) is 3.30. The number of nitrogen functional groups attached to an aromatic ring is 1. The zero-order valence-corrected chi connectivity index (χ0v) is 16.8. The molecule has 0 saturated carbocycles. The number of thioether (sulfide) groups is 1. The van der Waals surface area contributed by atoms with Crippen LogP contribution in [-0.4, -0.2) is 39.7 Å². The lowest BCUT2D eigenvalue weighted by Gasteiger charge is -2.06. The van der Waals surface area contributed by atoms with E-state index in [4.69, 9.17) is 10.6 Å². The lowest BCUT2D eigenvalue weighted by atomic mass is 10.1.